The number of fused-ring (bicyclic) bond motifs is 1. The number of ketones is 1. The molecular formula is C10H12O3. The van der Waals surface area contributed by atoms with E-state index in [9.17, 15) is 9.59 Å². The first-order valence-corrected chi connectivity index (χ1v) is 4.51. The smallest absolute Gasteiger partial charge is 0.307 e. The van der Waals surface area contributed by atoms with Gasteiger partial charge in [0.05, 0.1) is 5.92 Å². The third-order valence-corrected chi connectivity index (χ3v) is 3.46. The van der Waals surface area contributed by atoms with Crippen LogP contribution in [-0.4, -0.2) is 16.9 Å². The number of rotatable bonds is 3. The molecule has 0 bridgehead atoms. The van der Waals surface area contributed by atoms with Crippen LogP contribution >= 0.6 is 0 Å². The molecule has 2 fully saturated rings. The van der Waals surface area contributed by atoms with E-state index < -0.39 is 17.3 Å². The van der Waals surface area contributed by atoms with E-state index in [4.69, 9.17) is 5.11 Å². The molecule has 0 radical (unpaired) electrons. The highest BCUT2D eigenvalue weighted by Crippen LogP contribution is 2.68. The van der Waals surface area contributed by atoms with Crippen LogP contribution in [0.5, 0.6) is 0 Å². The average Bonchev–Trinajstić information content (AvgIpc) is 2.61. The summed E-state index contributed by atoms with van der Waals surface area (Å²) in [5.74, 6) is -1.02. The predicted molar refractivity (Wildman–Crippen MR) is 46.1 cm³/mol. The quantitative estimate of drug-likeness (QED) is 0.665. The van der Waals surface area contributed by atoms with Crippen LogP contribution in [0.25, 0.3) is 0 Å². The number of carbonyl (C=O) groups excluding carboxylic acids is 1. The fraction of sp³-hybridized carbons (Fsp3) is 0.600. The minimum atomic E-state index is -0.820. The lowest BCUT2D eigenvalue weighted by molar-refractivity contribution is -0.142. The standard InChI is InChI=1S/C10H12O3/c1-2-5-10-6(3-4-7(10)11)8(10)9(12)13/h2,6,8H,1,3-5H2,(H,12,13)/t6-,8-,10-/m1/s1. The molecule has 13 heavy (non-hydrogen) atoms. The van der Waals surface area contributed by atoms with Gasteiger partial charge in [0.15, 0.2) is 0 Å². The van der Waals surface area contributed by atoms with Crippen LogP contribution in [0.2, 0.25) is 0 Å². The van der Waals surface area contributed by atoms with Crippen LogP contribution in [0.3, 0.4) is 0 Å². The Morgan fingerprint density at radius 3 is 2.92 bits per heavy atom. The van der Waals surface area contributed by atoms with Gasteiger partial charge >= 0.3 is 5.97 Å². The number of carboxylic acids is 1. The van der Waals surface area contributed by atoms with Crippen LogP contribution < -0.4 is 0 Å². The van der Waals surface area contributed by atoms with E-state index in [1.807, 2.05) is 0 Å². The maximum Gasteiger partial charge on any atom is 0.307 e. The summed E-state index contributed by atoms with van der Waals surface area (Å²) in [4.78, 5) is 22.3. The Hall–Kier alpha value is -1.12. The Balaban J connectivity index is 2.26. The molecule has 0 heterocycles. The molecule has 0 aromatic rings. The maximum absolute atomic E-state index is 11.5. The van der Waals surface area contributed by atoms with Crippen molar-refractivity contribution in [1.29, 1.82) is 0 Å². The largest absolute Gasteiger partial charge is 0.481 e. The monoisotopic (exact) mass is 180 g/mol. The zero-order valence-corrected chi connectivity index (χ0v) is 7.32. The number of carboxylic acid groups (broad SMARTS) is 1. The summed E-state index contributed by atoms with van der Waals surface area (Å²) >= 11 is 0. The van der Waals surface area contributed by atoms with E-state index in [2.05, 4.69) is 6.58 Å². The van der Waals surface area contributed by atoms with Gasteiger partial charge < -0.3 is 5.11 Å². The molecule has 2 aliphatic carbocycles. The molecule has 0 amide bonds. The summed E-state index contributed by atoms with van der Waals surface area (Å²) in [6.45, 7) is 3.58. The molecule has 2 rings (SSSR count). The van der Waals surface area contributed by atoms with Gasteiger partial charge in [-0.25, -0.2) is 0 Å². The van der Waals surface area contributed by atoms with Crippen molar-refractivity contribution in [2.75, 3.05) is 0 Å². The van der Waals surface area contributed by atoms with Crippen molar-refractivity contribution in [3.05, 3.63) is 12.7 Å². The van der Waals surface area contributed by atoms with Gasteiger partial charge in [-0.15, -0.1) is 6.58 Å². The second kappa shape index (κ2) is 2.44. The highest BCUT2D eigenvalue weighted by Gasteiger charge is 2.73. The average molecular weight is 180 g/mol. The molecule has 2 aliphatic rings. The Kier molecular flexibility index (Phi) is 1.59. The lowest BCUT2D eigenvalue weighted by Crippen LogP contribution is -2.18. The van der Waals surface area contributed by atoms with Crippen LogP contribution in [-0.2, 0) is 9.59 Å². The van der Waals surface area contributed by atoms with Crippen molar-refractivity contribution in [3.63, 3.8) is 0 Å². The van der Waals surface area contributed by atoms with E-state index in [-0.39, 0.29) is 11.7 Å². The third-order valence-electron chi connectivity index (χ3n) is 3.46. The van der Waals surface area contributed by atoms with Gasteiger partial charge in [0.2, 0.25) is 0 Å². The Morgan fingerprint density at radius 2 is 2.46 bits per heavy atom. The minimum Gasteiger partial charge on any atom is -0.481 e. The van der Waals surface area contributed by atoms with E-state index >= 15 is 0 Å². The van der Waals surface area contributed by atoms with Gasteiger partial charge in [0, 0.05) is 11.8 Å². The molecule has 70 valence electrons. The zero-order chi connectivity index (χ0) is 9.64. The molecule has 3 nitrogen and oxygen atoms in total. The zero-order valence-electron chi connectivity index (χ0n) is 7.32. The molecule has 0 aliphatic heterocycles. The molecule has 3 atom stereocenters. The molecule has 0 aromatic carbocycles. The maximum atomic E-state index is 11.5. The highest BCUT2D eigenvalue weighted by atomic mass is 16.4. The Bertz CT molecular complexity index is 295. The molecule has 0 unspecified atom stereocenters. The number of hydrogen-bond donors (Lipinski definition) is 1. The highest BCUT2D eigenvalue weighted by molar-refractivity contribution is 5.98. The van der Waals surface area contributed by atoms with Crippen molar-refractivity contribution >= 4 is 11.8 Å². The van der Waals surface area contributed by atoms with Crippen molar-refractivity contribution in [2.45, 2.75) is 19.3 Å². The second-order valence-corrected chi connectivity index (χ2v) is 3.92. The molecule has 2 saturated carbocycles. The van der Waals surface area contributed by atoms with Crippen LogP contribution in [0.15, 0.2) is 12.7 Å². The molecule has 0 aromatic heterocycles. The third kappa shape index (κ3) is 0.844. The van der Waals surface area contributed by atoms with Crippen LogP contribution in [0.1, 0.15) is 19.3 Å². The second-order valence-electron chi connectivity index (χ2n) is 3.92. The Labute approximate surface area is 76.4 Å². The van der Waals surface area contributed by atoms with Gasteiger partial charge in [0.1, 0.15) is 5.78 Å². The summed E-state index contributed by atoms with van der Waals surface area (Å²) in [6.07, 6.45) is 3.51. The molecule has 0 saturated heterocycles. The van der Waals surface area contributed by atoms with Gasteiger partial charge in [-0.1, -0.05) is 6.08 Å². The van der Waals surface area contributed by atoms with E-state index in [0.717, 1.165) is 6.42 Å². The lowest BCUT2D eigenvalue weighted by atomic mass is 9.94. The first-order valence-electron chi connectivity index (χ1n) is 4.51. The summed E-state index contributed by atoms with van der Waals surface area (Å²) in [5, 5.41) is 8.88. The van der Waals surface area contributed by atoms with Crippen molar-refractivity contribution < 1.29 is 14.7 Å². The lowest BCUT2D eigenvalue weighted by Gasteiger charge is -2.08. The summed E-state index contributed by atoms with van der Waals surface area (Å²) in [7, 11) is 0. The Morgan fingerprint density at radius 1 is 1.77 bits per heavy atom. The number of hydrogen-bond acceptors (Lipinski definition) is 2. The number of allylic oxidation sites excluding steroid dienone is 1. The van der Waals surface area contributed by atoms with Gasteiger partial charge in [0.25, 0.3) is 0 Å². The van der Waals surface area contributed by atoms with Crippen molar-refractivity contribution in [2.24, 2.45) is 17.3 Å². The number of carbonyl (C=O) groups is 2. The minimum absolute atomic E-state index is 0.0931. The summed E-state index contributed by atoms with van der Waals surface area (Å²) < 4.78 is 0. The summed E-state index contributed by atoms with van der Waals surface area (Å²) in [5.41, 5.74) is -0.548. The molecular weight excluding hydrogens is 168 g/mol. The first kappa shape index (κ1) is 8.48. The normalized spacial score (nSPS) is 41.4. The molecule has 1 N–H and O–H groups in total. The predicted octanol–water partition coefficient (Wildman–Crippen LogP) is 1.24. The van der Waals surface area contributed by atoms with E-state index in [0.29, 0.717) is 12.8 Å². The number of aliphatic carboxylic acids is 1. The van der Waals surface area contributed by atoms with Crippen molar-refractivity contribution in [3.8, 4) is 0 Å². The SMILES string of the molecule is C=CC[C@]12C(=O)CC[C@@H]1[C@@H]2C(=O)O. The summed E-state index contributed by atoms with van der Waals surface area (Å²) in [6, 6.07) is 0. The topological polar surface area (TPSA) is 54.4 Å². The van der Waals surface area contributed by atoms with E-state index in [1.54, 1.807) is 6.08 Å². The van der Waals surface area contributed by atoms with E-state index in [1.165, 1.54) is 0 Å². The van der Waals surface area contributed by atoms with Crippen molar-refractivity contribution in [1.82, 2.24) is 0 Å². The molecule has 3 heteroatoms. The van der Waals surface area contributed by atoms with Crippen LogP contribution in [0.4, 0.5) is 0 Å². The van der Waals surface area contributed by atoms with Crippen LogP contribution in [0, 0.1) is 17.3 Å². The van der Waals surface area contributed by atoms with Gasteiger partial charge in [-0.05, 0) is 18.8 Å². The number of Topliss-reactive ketones (excluding diaryl/α,β-unsaturated/α-hetero) is 1. The van der Waals surface area contributed by atoms with Gasteiger partial charge in [-0.2, -0.15) is 0 Å². The fourth-order valence-corrected chi connectivity index (χ4v) is 2.87. The molecule has 0 spiro atoms. The van der Waals surface area contributed by atoms with Gasteiger partial charge in [-0.3, -0.25) is 9.59 Å². The first-order chi connectivity index (χ1) is 6.14. The fourth-order valence-electron chi connectivity index (χ4n) is 2.87.